The maximum atomic E-state index is 6.39. The quantitative estimate of drug-likeness (QED) is 0.128. The van der Waals surface area contributed by atoms with Gasteiger partial charge in [0, 0.05) is 24.5 Å². The van der Waals surface area contributed by atoms with E-state index in [9.17, 15) is 0 Å². The smallest absolute Gasteiger partial charge is 0.170 e. The third kappa shape index (κ3) is 9.32. The zero-order chi connectivity index (χ0) is 25.1. The van der Waals surface area contributed by atoms with E-state index >= 15 is 0 Å². The summed E-state index contributed by atoms with van der Waals surface area (Å²) >= 11 is 36.1. The van der Waals surface area contributed by atoms with Crippen molar-refractivity contribution in [2.45, 2.75) is 39.5 Å². The van der Waals surface area contributed by atoms with Crippen LogP contribution >= 0.6 is 70.8 Å². The van der Waals surface area contributed by atoms with E-state index in [1.807, 2.05) is 0 Å². The number of rotatable bonds is 10. The molecule has 4 N–H and O–H groups in total. The van der Waals surface area contributed by atoms with Gasteiger partial charge >= 0.3 is 0 Å². The monoisotopic (exact) mass is 578 g/mol. The van der Waals surface area contributed by atoms with Crippen molar-refractivity contribution in [1.29, 1.82) is 0 Å². The van der Waals surface area contributed by atoms with E-state index in [0.29, 0.717) is 41.7 Å². The fourth-order valence-electron chi connectivity index (χ4n) is 2.67. The standard InChI is InChI=1S/C22H26Cl4N6S2/c1-3-5-7-27-21(33)29-13-9-15(23)19(16(24)10-13)31-32-20-17(25)11-14(12-18(20)26)30-22(34)28-8-6-4-2/h9-12H,3-8H2,1-2H3,(H2,27,29,33)(H2,28,30,34). The van der Waals surface area contributed by atoms with Crippen LogP contribution in [0, 0.1) is 0 Å². The molecule has 34 heavy (non-hydrogen) atoms. The molecule has 0 heterocycles. The van der Waals surface area contributed by atoms with Crippen LogP contribution in [0.1, 0.15) is 39.5 Å². The number of nitrogens with zero attached hydrogens (tertiary/aromatic N) is 2. The Bertz CT molecular complexity index is 921. The summed E-state index contributed by atoms with van der Waals surface area (Å²) in [5, 5.41) is 22.9. The number of halogens is 4. The van der Waals surface area contributed by atoms with Crippen molar-refractivity contribution in [2.24, 2.45) is 10.2 Å². The van der Waals surface area contributed by atoms with Gasteiger partial charge < -0.3 is 21.3 Å². The number of nitrogens with one attached hydrogen (secondary N) is 4. The van der Waals surface area contributed by atoms with E-state index in [1.165, 1.54) is 0 Å². The minimum Gasteiger partial charge on any atom is -0.362 e. The lowest BCUT2D eigenvalue weighted by Gasteiger charge is -2.12. The second-order valence-electron chi connectivity index (χ2n) is 7.25. The third-order valence-corrected chi connectivity index (χ3v) is 6.08. The topological polar surface area (TPSA) is 72.8 Å². The molecule has 0 unspecified atom stereocenters. The van der Waals surface area contributed by atoms with Crippen LogP contribution < -0.4 is 21.3 Å². The van der Waals surface area contributed by atoms with Gasteiger partial charge in [-0.2, -0.15) is 0 Å². The fraction of sp³-hybridized carbons (Fsp3) is 0.364. The Morgan fingerprint density at radius 2 is 1.00 bits per heavy atom. The van der Waals surface area contributed by atoms with E-state index in [-0.39, 0.29) is 11.4 Å². The molecule has 0 spiro atoms. The molecule has 0 saturated heterocycles. The lowest BCUT2D eigenvalue weighted by Crippen LogP contribution is -2.29. The van der Waals surface area contributed by atoms with Gasteiger partial charge in [-0.25, -0.2) is 0 Å². The van der Waals surface area contributed by atoms with Crippen LogP contribution in [-0.4, -0.2) is 23.3 Å². The molecule has 0 aliphatic carbocycles. The third-order valence-electron chi connectivity index (χ3n) is 4.43. The highest BCUT2D eigenvalue weighted by Crippen LogP contribution is 2.40. The Kier molecular flexibility index (Phi) is 12.6. The van der Waals surface area contributed by atoms with Gasteiger partial charge in [-0.3, -0.25) is 0 Å². The highest BCUT2D eigenvalue weighted by Gasteiger charge is 2.12. The second-order valence-corrected chi connectivity index (χ2v) is 9.69. The molecule has 0 aliphatic heterocycles. The number of azo groups is 1. The molecule has 0 aliphatic rings. The van der Waals surface area contributed by atoms with Gasteiger partial charge in [-0.05, 0) is 61.5 Å². The zero-order valence-corrected chi connectivity index (χ0v) is 23.4. The molecule has 6 nitrogen and oxygen atoms in total. The SMILES string of the molecule is CCCCNC(=S)Nc1cc(Cl)c(N=Nc2c(Cl)cc(NC(=S)NCCCC)cc2Cl)c(Cl)c1. The van der Waals surface area contributed by atoms with E-state index in [2.05, 4.69) is 45.3 Å². The minimum atomic E-state index is 0.286. The first-order valence-electron chi connectivity index (χ1n) is 10.7. The zero-order valence-electron chi connectivity index (χ0n) is 18.8. The van der Waals surface area contributed by atoms with E-state index in [0.717, 1.165) is 38.8 Å². The molecule has 0 atom stereocenters. The second kappa shape index (κ2) is 14.9. The summed E-state index contributed by atoms with van der Waals surface area (Å²) < 4.78 is 0. The van der Waals surface area contributed by atoms with E-state index < -0.39 is 0 Å². The van der Waals surface area contributed by atoms with Crippen LogP contribution in [0.5, 0.6) is 0 Å². The first-order valence-corrected chi connectivity index (χ1v) is 13.1. The number of anilines is 2. The molecular weight excluding hydrogens is 554 g/mol. The first-order chi connectivity index (χ1) is 16.2. The van der Waals surface area contributed by atoms with Crippen LogP contribution in [0.2, 0.25) is 20.1 Å². The first kappa shape index (κ1) is 28.8. The summed E-state index contributed by atoms with van der Waals surface area (Å²) in [5.74, 6) is 0. The summed E-state index contributed by atoms with van der Waals surface area (Å²) in [6.07, 6.45) is 4.19. The largest absolute Gasteiger partial charge is 0.362 e. The van der Waals surface area contributed by atoms with Crippen LogP contribution in [0.25, 0.3) is 0 Å². The summed E-state index contributed by atoms with van der Waals surface area (Å²) in [4.78, 5) is 0. The highest BCUT2D eigenvalue weighted by atomic mass is 35.5. The lowest BCUT2D eigenvalue weighted by molar-refractivity contribution is 0.758. The summed E-state index contributed by atoms with van der Waals surface area (Å²) in [6.45, 7) is 5.79. The molecule has 2 rings (SSSR count). The molecule has 12 heteroatoms. The Balaban J connectivity index is 2.12. The van der Waals surface area contributed by atoms with Crippen LogP contribution in [0.3, 0.4) is 0 Å². The Morgan fingerprint density at radius 3 is 1.29 bits per heavy atom. The van der Waals surface area contributed by atoms with Gasteiger partial charge in [0.05, 0.1) is 20.1 Å². The summed E-state index contributed by atoms with van der Waals surface area (Å²) in [5.41, 5.74) is 1.85. The molecule has 0 radical (unpaired) electrons. The molecule has 2 aromatic carbocycles. The highest BCUT2D eigenvalue weighted by molar-refractivity contribution is 7.80. The van der Waals surface area contributed by atoms with Gasteiger partial charge in [0.2, 0.25) is 0 Å². The van der Waals surface area contributed by atoms with Crippen molar-refractivity contribution in [3.05, 3.63) is 44.4 Å². The van der Waals surface area contributed by atoms with Gasteiger partial charge in [0.15, 0.2) is 10.2 Å². The van der Waals surface area contributed by atoms with Crippen molar-refractivity contribution in [3.8, 4) is 0 Å². The van der Waals surface area contributed by atoms with E-state index in [1.54, 1.807) is 24.3 Å². The molecule has 0 bridgehead atoms. The Labute approximate surface area is 231 Å². The van der Waals surface area contributed by atoms with Gasteiger partial charge in [0.1, 0.15) is 11.4 Å². The summed E-state index contributed by atoms with van der Waals surface area (Å²) in [7, 11) is 0. The molecule has 0 amide bonds. The number of hydrogen-bond donors (Lipinski definition) is 4. The van der Waals surface area contributed by atoms with Crippen molar-refractivity contribution in [2.75, 3.05) is 23.7 Å². The van der Waals surface area contributed by atoms with Gasteiger partial charge in [0.25, 0.3) is 0 Å². The van der Waals surface area contributed by atoms with Crippen LogP contribution in [0.4, 0.5) is 22.7 Å². The van der Waals surface area contributed by atoms with Crippen molar-refractivity contribution in [3.63, 3.8) is 0 Å². The van der Waals surface area contributed by atoms with Crippen molar-refractivity contribution in [1.82, 2.24) is 10.6 Å². The van der Waals surface area contributed by atoms with Gasteiger partial charge in [-0.1, -0.05) is 73.1 Å². The van der Waals surface area contributed by atoms with Crippen LogP contribution in [-0.2, 0) is 0 Å². The fourth-order valence-corrected chi connectivity index (χ4v) is 4.24. The van der Waals surface area contributed by atoms with Crippen molar-refractivity contribution >= 4 is 104 Å². The maximum absolute atomic E-state index is 6.39. The summed E-state index contributed by atoms with van der Waals surface area (Å²) in [6, 6.07) is 6.66. The number of thiocarbonyl (C=S) groups is 2. The molecular formula is C22H26Cl4N6S2. The molecule has 2 aromatic rings. The van der Waals surface area contributed by atoms with Crippen LogP contribution in [0.15, 0.2) is 34.5 Å². The van der Waals surface area contributed by atoms with Gasteiger partial charge in [-0.15, -0.1) is 10.2 Å². The Morgan fingerprint density at radius 1 is 0.676 bits per heavy atom. The molecule has 0 fully saturated rings. The number of benzene rings is 2. The minimum absolute atomic E-state index is 0.286. The molecule has 184 valence electrons. The molecule has 0 saturated carbocycles. The maximum Gasteiger partial charge on any atom is 0.170 e. The predicted octanol–water partition coefficient (Wildman–Crippen LogP) is 8.89. The lowest BCUT2D eigenvalue weighted by atomic mass is 10.2. The van der Waals surface area contributed by atoms with E-state index in [4.69, 9.17) is 70.8 Å². The number of hydrogen-bond acceptors (Lipinski definition) is 4. The predicted molar refractivity (Wildman–Crippen MR) is 155 cm³/mol. The Hall–Kier alpha value is -1.42. The normalized spacial score (nSPS) is 10.9. The number of unbranched alkanes of at least 4 members (excludes halogenated alkanes) is 2. The average molecular weight is 580 g/mol. The van der Waals surface area contributed by atoms with Crippen molar-refractivity contribution < 1.29 is 0 Å². The molecule has 0 aromatic heterocycles. The average Bonchev–Trinajstić information content (AvgIpc) is 2.75.